The monoisotopic (exact) mass is 353 g/mol. The maximum atomic E-state index is 12.3. The van der Waals surface area contributed by atoms with Crippen molar-refractivity contribution in [3.05, 3.63) is 64.5 Å². The van der Waals surface area contributed by atoms with Gasteiger partial charge >= 0.3 is 0 Å². The number of amides is 1. The molecule has 0 spiro atoms. The van der Waals surface area contributed by atoms with E-state index in [1.165, 1.54) is 4.90 Å². The van der Waals surface area contributed by atoms with Gasteiger partial charge in [-0.1, -0.05) is 35.9 Å². The third-order valence-corrected chi connectivity index (χ3v) is 4.39. The Hall–Kier alpha value is -2.99. The fourth-order valence-corrected chi connectivity index (χ4v) is 3.10. The molecule has 0 atom stereocenters. The van der Waals surface area contributed by atoms with Crippen LogP contribution >= 0.6 is 11.6 Å². The lowest BCUT2D eigenvalue weighted by Crippen LogP contribution is -2.29. The second kappa shape index (κ2) is 5.82. The largest absolute Gasteiger partial charge is 0.419 e. The number of anilines is 1. The highest BCUT2D eigenvalue weighted by Crippen LogP contribution is 2.34. The van der Waals surface area contributed by atoms with E-state index < -0.39 is 11.7 Å². The standard InChI is InChI=1S/C18H12ClN3O3/c1-10-5-4-7-12-15(10)22(18(24)16(12)23)9-14-20-21-17(25-14)11-6-2-3-8-13(11)19/h2-8H,9H2,1H3. The Bertz CT molecular complexity index is 1010. The first-order valence-corrected chi connectivity index (χ1v) is 7.97. The molecule has 2 aromatic carbocycles. The summed E-state index contributed by atoms with van der Waals surface area (Å²) in [5, 5.41) is 8.46. The number of carbonyl (C=O) groups is 2. The molecule has 0 unspecified atom stereocenters. The van der Waals surface area contributed by atoms with Gasteiger partial charge in [-0.05, 0) is 30.7 Å². The average Bonchev–Trinajstić information content (AvgIpc) is 3.16. The first kappa shape index (κ1) is 15.5. The van der Waals surface area contributed by atoms with Crippen LogP contribution in [-0.2, 0) is 11.3 Å². The first-order valence-electron chi connectivity index (χ1n) is 7.59. The lowest BCUT2D eigenvalue weighted by Gasteiger charge is -2.15. The van der Waals surface area contributed by atoms with Crippen LogP contribution in [0.3, 0.4) is 0 Å². The molecule has 7 heteroatoms. The van der Waals surface area contributed by atoms with E-state index in [-0.39, 0.29) is 18.3 Å². The molecule has 1 aliphatic heterocycles. The van der Waals surface area contributed by atoms with E-state index in [1.54, 1.807) is 30.3 Å². The number of halogens is 1. The normalized spacial score (nSPS) is 13.4. The minimum Gasteiger partial charge on any atom is -0.419 e. The Kier molecular flexibility index (Phi) is 3.62. The van der Waals surface area contributed by atoms with Gasteiger partial charge in [-0.3, -0.25) is 14.5 Å². The van der Waals surface area contributed by atoms with Crippen molar-refractivity contribution in [1.29, 1.82) is 0 Å². The van der Waals surface area contributed by atoms with Gasteiger partial charge in [0.15, 0.2) is 0 Å². The van der Waals surface area contributed by atoms with Crippen LogP contribution in [0.1, 0.15) is 21.8 Å². The molecule has 0 radical (unpaired) electrons. The lowest BCUT2D eigenvalue weighted by molar-refractivity contribution is -0.114. The maximum Gasteiger partial charge on any atom is 0.299 e. The van der Waals surface area contributed by atoms with Gasteiger partial charge in [0.2, 0.25) is 11.8 Å². The van der Waals surface area contributed by atoms with E-state index in [9.17, 15) is 9.59 Å². The second-order valence-electron chi connectivity index (χ2n) is 5.67. The number of para-hydroxylation sites is 1. The van der Waals surface area contributed by atoms with E-state index in [0.29, 0.717) is 21.8 Å². The fraction of sp³-hybridized carbons (Fsp3) is 0.111. The van der Waals surface area contributed by atoms with E-state index in [4.69, 9.17) is 16.0 Å². The highest BCUT2D eigenvalue weighted by molar-refractivity contribution is 6.52. The van der Waals surface area contributed by atoms with Gasteiger partial charge in [0.1, 0.15) is 6.54 Å². The van der Waals surface area contributed by atoms with Gasteiger partial charge in [0.25, 0.3) is 11.7 Å². The summed E-state index contributed by atoms with van der Waals surface area (Å²) in [6, 6.07) is 12.4. The second-order valence-corrected chi connectivity index (χ2v) is 6.08. The Morgan fingerprint density at radius 1 is 1.04 bits per heavy atom. The summed E-state index contributed by atoms with van der Waals surface area (Å²) in [6.45, 7) is 1.88. The molecule has 1 amide bonds. The Morgan fingerprint density at radius 3 is 2.60 bits per heavy atom. The number of ketones is 1. The van der Waals surface area contributed by atoms with Crippen LogP contribution in [0.5, 0.6) is 0 Å². The number of Topliss-reactive ketones (excluding diaryl/α,β-unsaturated/α-hetero) is 1. The predicted octanol–water partition coefficient (Wildman–Crippen LogP) is 3.43. The van der Waals surface area contributed by atoms with Gasteiger partial charge in [-0.15, -0.1) is 10.2 Å². The molecular weight excluding hydrogens is 342 g/mol. The van der Waals surface area contributed by atoms with Crippen molar-refractivity contribution in [2.24, 2.45) is 0 Å². The zero-order valence-corrected chi connectivity index (χ0v) is 13.9. The Labute approximate surface area is 148 Å². The van der Waals surface area contributed by atoms with Crippen molar-refractivity contribution in [1.82, 2.24) is 10.2 Å². The molecule has 6 nitrogen and oxygen atoms in total. The molecule has 0 aliphatic carbocycles. The van der Waals surface area contributed by atoms with E-state index >= 15 is 0 Å². The van der Waals surface area contributed by atoms with Crippen LogP contribution in [-0.4, -0.2) is 21.9 Å². The summed E-state index contributed by atoms with van der Waals surface area (Å²) in [5.74, 6) is -0.623. The quantitative estimate of drug-likeness (QED) is 0.674. The zero-order chi connectivity index (χ0) is 17.6. The minimum absolute atomic E-state index is 0.0277. The van der Waals surface area contributed by atoms with E-state index in [2.05, 4.69) is 10.2 Å². The zero-order valence-electron chi connectivity index (χ0n) is 13.2. The number of rotatable bonds is 3. The van der Waals surface area contributed by atoms with E-state index in [1.807, 2.05) is 19.1 Å². The number of hydrogen-bond acceptors (Lipinski definition) is 5. The number of benzene rings is 2. The van der Waals surface area contributed by atoms with Crippen molar-refractivity contribution < 1.29 is 14.0 Å². The molecule has 1 aromatic heterocycles. The number of carbonyl (C=O) groups excluding carboxylic acids is 2. The van der Waals surface area contributed by atoms with Crippen LogP contribution in [0.15, 0.2) is 46.9 Å². The summed E-state index contributed by atoms with van der Waals surface area (Å²) in [4.78, 5) is 25.8. The fourth-order valence-electron chi connectivity index (χ4n) is 2.89. The van der Waals surface area contributed by atoms with Crippen molar-refractivity contribution in [2.45, 2.75) is 13.5 Å². The van der Waals surface area contributed by atoms with Crippen molar-refractivity contribution >= 4 is 29.0 Å². The Morgan fingerprint density at radius 2 is 1.80 bits per heavy atom. The van der Waals surface area contributed by atoms with Crippen LogP contribution in [0.4, 0.5) is 5.69 Å². The molecule has 2 heterocycles. The lowest BCUT2D eigenvalue weighted by atomic mass is 10.1. The highest BCUT2D eigenvalue weighted by atomic mass is 35.5. The van der Waals surface area contributed by atoms with Crippen LogP contribution in [0.2, 0.25) is 5.02 Å². The van der Waals surface area contributed by atoms with Crippen molar-refractivity contribution in [2.75, 3.05) is 4.90 Å². The number of aryl methyl sites for hydroxylation is 1. The van der Waals surface area contributed by atoms with Gasteiger partial charge in [0, 0.05) is 0 Å². The number of fused-ring (bicyclic) bond motifs is 1. The summed E-state index contributed by atoms with van der Waals surface area (Å²) in [5.41, 5.74) is 2.44. The SMILES string of the molecule is Cc1cccc2c1N(Cc1nnc(-c3ccccc3Cl)o1)C(=O)C2=O. The molecule has 25 heavy (non-hydrogen) atoms. The number of nitrogens with zero attached hydrogens (tertiary/aromatic N) is 3. The highest BCUT2D eigenvalue weighted by Gasteiger charge is 2.37. The minimum atomic E-state index is -0.596. The number of hydrogen-bond donors (Lipinski definition) is 0. The summed E-state index contributed by atoms with van der Waals surface area (Å²) in [7, 11) is 0. The smallest absolute Gasteiger partial charge is 0.299 e. The molecule has 1 aliphatic rings. The maximum absolute atomic E-state index is 12.3. The topological polar surface area (TPSA) is 76.3 Å². The van der Waals surface area contributed by atoms with Gasteiger partial charge in [0.05, 0.1) is 21.8 Å². The molecule has 4 rings (SSSR count). The third kappa shape index (κ3) is 2.51. The summed E-state index contributed by atoms with van der Waals surface area (Å²) in [6.07, 6.45) is 0. The molecule has 0 saturated heterocycles. The van der Waals surface area contributed by atoms with Gasteiger partial charge in [-0.25, -0.2) is 0 Å². The van der Waals surface area contributed by atoms with E-state index in [0.717, 1.165) is 5.56 Å². The molecule has 0 fully saturated rings. The van der Waals surface area contributed by atoms with Crippen LogP contribution in [0, 0.1) is 6.92 Å². The predicted molar refractivity (Wildman–Crippen MR) is 91.4 cm³/mol. The Balaban J connectivity index is 1.68. The van der Waals surface area contributed by atoms with Crippen LogP contribution < -0.4 is 4.90 Å². The van der Waals surface area contributed by atoms with Crippen molar-refractivity contribution in [3.63, 3.8) is 0 Å². The number of aromatic nitrogens is 2. The first-order chi connectivity index (χ1) is 12.1. The third-order valence-electron chi connectivity index (χ3n) is 4.06. The van der Waals surface area contributed by atoms with Crippen LogP contribution in [0.25, 0.3) is 11.5 Å². The molecule has 124 valence electrons. The molecule has 0 N–H and O–H groups in total. The molecule has 0 bridgehead atoms. The summed E-state index contributed by atoms with van der Waals surface area (Å²) >= 11 is 6.13. The summed E-state index contributed by atoms with van der Waals surface area (Å²) < 4.78 is 5.64. The van der Waals surface area contributed by atoms with Gasteiger partial charge < -0.3 is 4.42 Å². The van der Waals surface area contributed by atoms with Gasteiger partial charge in [-0.2, -0.15) is 0 Å². The van der Waals surface area contributed by atoms with Crippen molar-refractivity contribution in [3.8, 4) is 11.5 Å². The average molecular weight is 354 g/mol. The molecule has 3 aromatic rings. The molecular formula is C18H12ClN3O3. The molecule has 0 saturated carbocycles.